The number of anilines is 1. The largest absolute Gasteiger partial charge is 0.447 e. The van der Waals surface area contributed by atoms with Crippen LogP contribution < -0.4 is 4.90 Å². The van der Waals surface area contributed by atoms with Gasteiger partial charge in [0.15, 0.2) is 0 Å². The second-order valence-electron chi connectivity index (χ2n) is 4.82. The molecule has 1 aromatic rings. The number of carbonyl (C=O) groups is 1. The molecule has 1 fully saturated rings. The van der Waals surface area contributed by atoms with Gasteiger partial charge in [-0.1, -0.05) is 38.3 Å². The molecular formula is C15H20FNO2. The molecule has 104 valence electrons. The van der Waals surface area contributed by atoms with Gasteiger partial charge < -0.3 is 4.74 Å². The van der Waals surface area contributed by atoms with Crippen LogP contribution in [0.3, 0.4) is 0 Å². The Morgan fingerprint density at radius 1 is 1.32 bits per heavy atom. The average Bonchev–Trinajstić information content (AvgIpc) is 2.85. The standard InChI is InChI=1S/C15H20FNO2/c1-2-3-4-5-14(16)12-6-8-13(9-7-12)17-10-11-19-15(17)18/h6-9,14H,2-5,10-11H2,1H3. The molecule has 1 unspecified atom stereocenters. The SMILES string of the molecule is CCCCCC(F)c1ccc(N2CCOC2=O)cc1. The number of cyclic esters (lactones) is 1. The summed E-state index contributed by atoms with van der Waals surface area (Å²) < 4.78 is 18.8. The Bertz CT molecular complexity index is 419. The van der Waals surface area contributed by atoms with Crippen LogP contribution in [-0.2, 0) is 4.74 Å². The number of hydrogen-bond acceptors (Lipinski definition) is 2. The van der Waals surface area contributed by atoms with Crippen molar-refractivity contribution in [1.29, 1.82) is 0 Å². The first kappa shape index (κ1) is 13.8. The van der Waals surface area contributed by atoms with Crippen LogP contribution in [0.25, 0.3) is 0 Å². The van der Waals surface area contributed by atoms with Crippen molar-refractivity contribution >= 4 is 11.8 Å². The van der Waals surface area contributed by atoms with Crippen LogP contribution in [0.15, 0.2) is 24.3 Å². The summed E-state index contributed by atoms with van der Waals surface area (Å²) in [5.74, 6) is 0. The van der Waals surface area contributed by atoms with Gasteiger partial charge in [0.2, 0.25) is 0 Å². The first-order chi connectivity index (χ1) is 9.22. The molecule has 1 saturated heterocycles. The summed E-state index contributed by atoms with van der Waals surface area (Å²) in [5, 5.41) is 0. The van der Waals surface area contributed by atoms with Crippen molar-refractivity contribution in [3.63, 3.8) is 0 Å². The normalized spacial score (nSPS) is 16.5. The number of nitrogens with zero attached hydrogens (tertiary/aromatic N) is 1. The van der Waals surface area contributed by atoms with Crippen molar-refractivity contribution in [2.45, 2.75) is 38.8 Å². The Morgan fingerprint density at radius 2 is 2.05 bits per heavy atom. The maximum atomic E-state index is 13.9. The van der Waals surface area contributed by atoms with Gasteiger partial charge in [-0.2, -0.15) is 0 Å². The fourth-order valence-corrected chi connectivity index (χ4v) is 2.23. The van der Waals surface area contributed by atoms with Crippen LogP contribution in [0, 0.1) is 0 Å². The second kappa shape index (κ2) is 6.55. The van der Waals surface area contributed by atoms with Crippen molar-refractivity contribution in [1.82, 2.24) is 0 Å². The highest BCUT2D eigenvalue weighted by molar-refractivity contribution is 5.89. The molecule has 0 radical (unpaired) electrons. The summed E-state index contributed by atoms with van der Waals surface area (Å²) in [5.41, 5.74) is 1.46. The molecule has 0 N–H and O–H groups in total. The first-order valence-corrected chi connectivity index (χ1v) is 6.90. The van der Waals surface area contributed by atoms with E-state index in [1.54, 1.807) is 29.2 Å². The number of alkyl halides is 1. The van der Waals surface area contributed by atoms with Crippen molar-refractivity contribution < 1.29 is 13.9 Å². The van der Waals surface area contributed by atoms with Gasteiger partial charge in [0.25, 0.3) is 0 Å². The highest BCUT2D eigenvalue weighted by atomic mass is 19.1. The summed E-state index contributed by atoms with van der Waals surface area (Å²) in [6.45, 7) is 3.09. The van der Waals surface area contributed by atoms with Crippen molar-refractivity contribution in [2.24, 2.45) is 0 Å². The van der Waals surface area contributed by atoms with Gasteiger partial charge in [-0.3, -0.25) is 4.90 Å². The van der Waals surface area contributed by atoms with Crippen molar-refractivity contribution in [3.05, 3.63) is 29.8 Å². The van der Waals surface area contributed by atoms with Crippen molar-refractivity contribution in [2.75, 3.05) is 18.1 Å². The van der Waals surface area contributed by atoms with Crippen LogP contribution in [-0.4, -0.2) is 19.2 Å². The molecule has 2 rings (SSSR count). The Kier molecular flexibility index (Phi) is 4.77. The minimum atomic E-state index is -0.911. The third-order valence-corrected chi connectivity index (χ3v) is 3.39. The molecule has 0 aromatic heterocycles. The zero-order chi connectivity index (χ0) is 13.7. The maximum Gasteiger partial charge on any atom is 0.414 e. The molecule has 0 aliphatic carbocycles. The zero-order valence-corrected chi connectivity index (χ0v) is 11.3. The minimum Gasteiger partial charge on any atom is -0.447 e. The fourth-order valence-electron chi connectivity index (χ4n) is 2.23. The van der Waals surface area contributed by atoms with Gasteiger partial charge in [0.05, 0.1) is 6.54 Å². The predicted octanol–water partition coefficient (Wildman–Crippen LogP) is 4.23. The number of rotatable bonds is 6. The molecule has 0 saturated carbocycles. The van der Waals surface area contributed by atoms with Gasteiger partial charge >= 0.3 is 6.09 Å². The summed E-state index contributed by atoms with van der Waals surface area (Å²) in [6, 6.07) is 7.09. The van der Waals surface area contributed by atoms with E-state index in [2.05, 4.69) is 6.92 Å². The number of halogens is 1. The van der Waals surface area contributed by atoms with Gasteiger partial charge in [-0.25, -0.2) is 9.18 Å². The topological polar surface area (TPSA) is 29.5 Å². The fraction of sp³-hybridized carbons (Fsp3) is 0.533. The number of unbranched alkanes of at least 4 members (excludes halogenated alkanes) is 2. The van der Waals surface area contributed by atoms with E-state index in [1.807, 2.05) is 0 Å². The predicted molar refractivity (Wildman–Crippen MR) is 73.1 cm³/mol. The second-order valence-corrected chi connectivity index (χ2v) is 4.82. The number of hydrogen-bond donors (Lipinski definition) is 0. The molecule has 4 heteroatoms. The van der Waals surface area contributed by atoms with Gasteiger partial charge in [0.1, 0.15) is 12.8 Å². The Labute approximate surface area is 113 Å². The molecule has 1 atom stereocenters. The molecule has 0 spiro atoms. The van der Waals surface area contributed by atoms with Crippen LogP contribution in [0.1, 0.15) is 44.3 Å². The quantitative estimate of drug-likeness (QED) is 0.720. The molecule has 1 aliphatic rings. The molecule has 1 aromatic carbocycles. The molecule has 3 nitrogen and oxygen atoms in total. The summed E-state index contributed by atoms with van der Waals surface area (Å²) >= 11 is 0. The molecule has 0 bridgehead atoms. The third kappa shape index (κ3) is 3.46. The summed E-state index contributed by atoms with van der Waals surface area (Å²) in [4.78, 5) is 13.0. The van der Waals surface area contributed by atoms with E-state index in [-0.39, 0.29) is 6.09 Å². The van der Waals surface area contributed by atoms with E-state index in [4.69, 9.17) is 4.74 Å². The number of ether oxygens (including phenoxy) is 1. The third-order valence-electron chi connectivity index (χ3n) is 3.39. The minimum absolute atomic E-state index is 0.326. The van der Waals surface area contributed by atoms with Crippen LogP contribution >= 0.6 is 0 Å². The molecular weight excluding hydrogens is 245 g/mol. The van der Waals surface area contributed by atoms with Gasteiger partial charge in [-0.05, 0) is 24.1 Å². The lowest BCUT2D eigenvalue weighted by Crippen LogP contribution is -2.23. The summed E-state index contributed by atoms with van der Waals surface area (Å²) in [6.07, 6.45) is 2.41. The highest BCUT2D eigenvalue weighted by Gasteiger charge is 2.23. The van der Waals surface area contributed by atoms with E-state index < -0.39 is 6.17 Å². The highest BCUT2D eigenvalue weighted by Crippen LogP contribution is 2.27. The van der Waals surface area contributed by atoms with E-state index in [0.29, 0.717) is 25.1 Å². The smallest absolute Gasteiger partial charge is 0.414 e. The lowest BCUT2D eigenvalue weighted by atomic mass is 10.0. The molecule has 1 aliphatic heterocycles. The number of amides is 1. The van der Waals surface area contributed by atoms with Crippen LogP contribution in [0.5, 0.6) is 0 Å². The average molecular weight is 265 g/mol. The zero-order valence-electron chi connectivity index (χ0n) is 11.3. The van der Waals surface area contributed by atoms with Crippen LogP contribution in [0.4, 0.5) is 14.9 Å². The Morgan fingerprint density at radius 3 is 2.63 bits per heavy atom. The van der Waals surface area contributed by atoms with E-state index in [9.17, 15) is 9.18 Å². The van der Waals surface area contributed by atoms with Crippen LogP contribution in [0.2, 0.25) is 0 Å². The van der Waals surface area contributed by atoms with E-state index >= 15 is 0 Å². The monoisotopic (exact) mass is 265 g/mol. The summed E-state index contributed by atoms with van der Waals surface area (Å²) in [7, 11) is 0. The maximum absolute atomic E-state index is 13.9. The van der Waals surface area contributed by atoms with E-state index in [1.165, 1.54) is 0 Å². The molecule has 19 heavy (non-hydrogen) atoms. The molecule has 1 amide bonds. The lowest BCUT2D eigenvalue weighted by Gasteiger charge is -2.14. The lowest BCUT2D eigenvalue weighted by molar-refractivity contribution is 0.181. The Hall–Kier alpha value is -1.58. The number of carbonyl (C=O) groups excluding carboxylic acids is 1. The Balaban J connectivity index is 1.95. The van der Waals surface area contributed by atoms with E-state index in [0.717, 1.165) is 24.9 Å². The van der Waals surface area contributed by atoms with Gasteiger partial charge in [0, 0.05) is 5.69 Å². The van der Waals surface area contributed by atoms with Gasteiger partial charge in [-0.15, -0.1) is 0 Å². The number of benzene rings is 1. The molecule has 1 heterocycles. The van der Waals surface area contributed by atoms with Crippen molar-refractivity contribution in [3.8, 4) is 0 Å². The first-order valence-electron chi connectivity index (χ1n) is 6.90.